The van der Waals surface area contributed by atoms with Gasteiger partial charge in [-0.05, 0) is 42.7 Å². The summed E-state index contributed by atoms with van der Waals surface area (Å²) in [5, 5.41) is 29.7. The Labute approximate surface area is 202 Å². The fourth-order valence-electron chi connectivity index (χ4n) is 3.91. The minimum atomic E-state index is -0.561. The lowest BCUT2D eigenvalue weighted by Crippen LogP contribution is -2.55. The van der Waals surface area contributed by atoms with Crippen LogP contribution in [0.5, 0.6) is 11.5 Å². The average molecular weight is 471 g/mol. The molecule has 0 saturated carbocycles. The van der Waals surface area contributed by atoms with Crippen molar-refractivity contribution >= 4 is 5.91 Å². The predicted octanol–water partition coefficient (Wildman–Crippen LogP) is 1.72. The van der Waals surface area contributed by atoms with Crippen LogP contribution in [0.2, 0.25) is 0 Å². The third kappa shape index (κ3) is 8.29. The number of benzene rings is 2. The van der Waals surface area contributed by atoms with Crippen molar-refractivity contribution in [1.29, 1.82) is 0 Å². The molecule has 2 aromatic carbocycles. The number of amides is 1. The zero-order valence-electron chi connectivity index (χ0n) is 20.2. The molecule has 1 fully saturated rings. The lowest BCUT2D eigenvalue weighted by atomic mass is 10.1. The van der Waals surface area contributed by atoms with Crippen LogP contribution in [0.25, 0.3) is 0 Å². The maximum absolute atomic E-state index is 12.8. The highest BCUT2D eigenvalue weighted by Crippen LogP contribution is 2.18. The highest BCUT2D eigenvalue weighted by atomic mass is 16.5. The Balaban J connectivity index is 1.54. The SMILES string of the molecule is CC(C)NCC(O)COc1ccc(CCC(NC(=O)c2ccccc2O)N2CCNCC2)cc1. The van der Waals surface area contributed by atoms with Gasteiger partial charge in [0.25, 0.3) is 5.91 Å². The van der Waals surface area contributed by atoms with Gasteiger partial charge in [-0.2, -0.15) is 0 Å². The first-order valence-electron chi connectivity index (χ1n) is 12.1. The Hall–Kier alpha value is -2.65. The molecule has 2 aromatic rings. The molecular weight excluding hydrogens is 432 g/mol. The summed E-state index contributed by atoms with van der Waals surface area (Å²) in [6, 6.07) is 14.8. The fraction of sp³-hybridized carbons (Fsp3) is 0.500. The minimum absolute atomic E-state index is 0.0141. The second-order valence-electron chi connectivity index (χ2n) is 9.00. The van der Waals surface area contributed by atoms with Crippen LogP contribution < -0.4 is 20.7 Å². The summed E-state index contributed by atoms with van der Waals surface area (Å²) >= 11 is 0. The number of aromatic hydroxyl groups is 1. The summed E-state index contributed by atoms with van der Waals surface area (Å²) in [6.45, 7) is 8.28. The van der Waals surface area contributed by atoms with Crippen LogP contribution in [0.4, 0.5) is 0 Å². The van der Waals surface area contributed by atoms with Crippen molar-refractivity contribution in [2.24, 2.45) is 0 Å². The Morgan fingerprint density at radius 3 is 2.50 bits per heavy atom. The first-order valence-corrected chi connectivity index (χ1v) is 12.1. The number of rotatable bonds is 12. The van der Waals surface area contributed by atoms with E-state index in [1.54, 1.807) is 18.2 Å². The third-order valence-electron chi connectivity index (χ3n) is 5.87. The first kappa shape index (κ1) is 26.0. The molecule has 0 radical (unpaired) electrons. The van der Waals surface area contributed by atoms with E-state index < -0.39 is 6.10 Å². The van der Waals surface area contributed by atoms with Crippen molar-refractivity contribution in [3.8, 4) is 11.5 Å². The molecule has 1 amide bonds. The largest absolute Gasteiger partial charge is 0.507 e. The predicted molar refractivity (Wildman–Crippen MR) is 133 cm³/mol. The number of piperazine rings is 1. The molecule has 2 unspecified atom stereocenters. The van der Waals surface area contributed by atoms with Crippen LogP contribution >= 0.6 is 0 Å². The molecule has 8 heteroatoms. The molecule has 8 nitrogen and oxygen atoms in total. The van der Waals surface area contributed by atoms with Crippen LogP contribution in [0, 0.1) is 0 Å². The number of carbonyl (C=O) groups is 1. The van der Waals surface area contributed by atoms with Gasteiger partial charge in [0.05, 0.1) is 11.7 Å². The highest BCUT2D eigenvalue weighted by molar-refractivity contribution is 5.96. The second kappa shape index (κ2) is 13.3. The molecule has 3 rings (SSSR count). The summed E-state index contributed by atoms with van der Waals surface area (Å²) in [7, 11) is 0. The van der Waals surface area contributed by atoms with E-state index in [0.29, 0.717) is 12.6 Å². The van der Waals surface area contributed by atoms with Gasteiger partial charge in [-0.25, -0.2) is 0 Å². The van der Waals surface area contributed by atoms with Gasteiger partial charge in [-0.3, -0.25) is 9.69 Å². The number of aliphatic hydroxyl groups is 1. The number of aryl methyl sites for hydroxylation is 1. The standard InChI is InChI=1S/C26H38N4O4/c1-19(2)28-17-21(31)18-34-22-10-7-20(8-11-22)9-12-25(30-15-13-27-14-16-30)29-26(33)23-5-3-4-6-24(23)32/h3-8,10-11,19,21,25,27-28,31-32H,9,12-18H2,1-2H3,(H,29,33). The summed E-state index contributed by atoms with van der Waals surface area (Å²) in [4.78, 5) is 15.1. The number of para-hydroxylation sites is 1. The number of hydrogen-bond acceptors (Lipinski definition) is 7. The molecule has 5 N–H and O–H groups in total. The molecule has 0 aromatic heterocycles. The van der Waals surface area contributed by atoms with Crippen molar-refractivity contribution in [3.63, 3.8) is 0 Å². The Kier molecular flexibility index (Phi) is 10.2. The molecule has 1 aliphatic rings. The lowest BCUT2D eigenvalue weighted by molar-refractivity contribution is 0.0811. The smallest absolute Gasteiger partial charge is 0.256 e. The summed E-state index contributed by atoms with van der Waals surface area (Å²) in [5.74, 6) is 0.439. The van der Waals surface area contributed by atoms with E-state index >= 15 is 0 Å². The molecule has 1 aliphatic heterocycles. The fourth-order valence-corrected chi connectivity index (χ4v) is 3.91. The van der Waals surface area contributed by atoms with Crippen molar-refractivity contribution in [2.45, 2.75) is 45.0 Å². The monoisotopic (exact) mass is 470 g/mol. The maximum atomic E-state index is 12.8. The second-order valence-corrected chi connectivity index (χ2v) is 9.00. The summed E-state index contributed by atoms with van der Waals surface area (Å²) in [5.41, 5.74) is 1.43. The topological polar surface area (TPSA) is 106 Å². The lowest BCUT2D eigenvalue weighted by Gasteiger charge is -2.35. The summed E-state index contributed by atoms with van der Waals surface area (Å²) < 4.78 is 5.70. The number of nitrogens with one attached hydrogen (secondary N) is 3. The van der Waals surface area contributed by atoms with Gasteiger partial charge in [0.15, 0.2) is 0 Å². The van der Waals surface area contributed by atoms with Gasteiger partial charge >= 0.3 is 0 Å². The Morgan fingerprint density at radius 1 is 1.12 bits per heavy atom. The minimum Gasteiger partial charge on any atom is -0.507 e. The van der Waals surface area contributed by atoms with Crippen molar-refractivity contribution in [3.05, 3.63) is 59.7 Å². The molecule has 2 atom stereocenters. The molecule has 0 bridgehead atoms. The van der Waals surface area contributed by atoms with Crippen LogP contribution in [0.3, 0.4) is 0 Å². The van der Waals surface area contributed by atoms with E-state index in [0.717, 1.165) is 50.3 Å². The molecule has 34 heavy (non-hydrogen) atoms. The normalized spacial score (nSPS) is 16.2. The molecule has 1 heterocycles. The van der Waals surface area contributed by atoms with E-state index in [4.69, 9.17) is 4.74 Å². The quantitative estimate of drug-likeness (QED) is 0.322. The first-order chi connectivity index (χ1) is 16.4. The zero-order chi connectivity index (χ0) is 24.3. The van der Waals surface area contributed by atoms with Gasteiger partial charge in [-0.15, -0.1) is 0 Å². The Morgan fingerprint density at radius 2 is 1.82 bits per heavy atom. The van der Waals surface area contributed by atoms with Gasteiger partial charge in [0.1, 0.15) is 24.2 Å². The van der Waals surface area contributed by atoms with Gasteiger partial charge in [0.2, 0.25) is 0 Å². The molecule has 0 aliphatic carbocycles. The van der Waals surface area contributed by atoms with Crippen LogP contribution in [0.15, 0.2) is 48.5 Å². The van der Waals surface area contributed by atoms with E-state index in [2.05, 4.69) is 20.9 Å². The van der Waals surface area contributed by atoms with Crippen molar-refractivity contribution in [2.75, 3.05) is 39.3 Å². The van der Waals surface area contributed by atoms with Gasteiger partial charge < -0.3 is 30.9 Å². The number of ether oxygens (including phenoxy) is 1. The molecular formula is C26H38N4O4. The van der Waals surface area contributed by atoms with Gasteiger partial charge in [-0.1, -0.05) is 38.1 Å². The number of phenols is 1. The molecule has 186 valence electrons. The number of carbonyl (C=O) groups excluding carboxylic acids is 1. The van der Waals surface area contributed by atoms with Crippen LogP contribution in [-0.4, -0.2) is 78.7 Å². The van der Waals surface area contributed by atoms with E-state index in [1.807, 2.05) is 38.1 Å². The number of nitrogens with zero attached hydrogens (tertiary/aromatic N) is 1. The summed E-state index contributed by atoms with van der Waals surface area (Å²) in [6.07, 6.45) is 0.846. The van der Waals surface area contributed by atoms with E-state index in [-0.39, 0.29) is 30.0 Å². The van der Waals surface area contributed by atoms with Gasteiger partial charge in [0, 0.05) is 38.8 Å². The molecule has 0 spiro atoms. The number of hydrogen-bond donors (Lipinski definition) is 5. The van der Waals surface area contributed by atoms with Crippen molar-refractivity contribution in [1.82, 2.24) is 20.9 Å². The Bertz CT molecular complexity index is 885. The zero-order valence-corrected chi connectivity index (χ0v) is 20.2. The van der Waals surface area contributed by atoms with E-state index in [9.17, 15) is 15.0 Å². The maximum Gasteiger partial charge on any atom is 0.256 e. The van der Waals surface area contributed by atoms with E-state index in [1.165, 1.54) is 6.07 Å². The van der Waals surface area contributed by atoms with Crippen LogP contribution in [-0.2, 0) is 6.42 Å². The number of phenolic OH excluding ortho intramolecular Hbond substituents is 1. The third-order valence-corrected chi connectivity index (χ3v) is 5.87. The number of aliphatic hydroxyl groups excluding tert-OH is 1. The molecule has 1 saturated heterocycles. The highest BCUT2D eigenvalue weighted by Gasteiger charge is 2.23. The van der Waals surface area contributed by atoms with Crippen LogP contribution in [0.1, 0.15) is 36.2 Å². The van der Waals surface area contributed by atoms with Crippen molar-refractivity contribution < 1.29 is 19.7 Å². The average Bonchev–Trinajstić information content (AvgIpc) is 2.85.